The topological polar surface area (TPSA) is 70.5 Å². The third-order valence-electron chi connectivity index (χ3n) is 3.12. The quantitative estimate of drug-likeness (QED) is 0.838. The number of thiophene rings is 1. The van der Waals surface area contributed by atoms with E-state index in [-0.39, 0.29) is 6.61 Å². The lowest BCUT2D eigenvalue weighted by Gasteiger charge is -2.15. The molecule has 2 aromatic rings. The summed E-state index contributed by atoms with van der Waals surface area (Å²) in [6.45, 7) is 0.442. The smallest absolute Gasteiger partial charge is 0.252 e. The van der Waals surface area contributed by atoms with Crippen molar-refractivity contribution in [1.29, 1.82) is 0 Å². The lowest BCUT2D eigenvalue weighted by molar-refractivity contribution is 0.300. The average molecular weight is 326 g/mol. The first-order valence-corrected chi connectivity index (χ1v) is 8.84. The second-order valence-corrected chi connectivity index (χ2v) is 8.07. The number of hydrogen-bond donors (Lipinski definition) is 1. The molecule has 0 bridgehead atoms. The largest absolute Gasteiger partial charge is 0.396 e. The molecule has 0 atom stereocenters. The van der Waals surface area contributed by atoms with Crippen molar-refractivity contribution in [2.24, 2.45) is 0 Å². The van der Waals surface area contributed by atoms with Crippen LogP contribution in [0.2, 0.25) is 0 Å². The first-order chi connectivity index (χ1) is 10.0. The van der Waals surface area contributed by atoms with Gasteiger partial charge in [0.2, 0.25) is 0 Å². The number of sulfonamides is 1. The highest BCUT2D eigenvalue weighted by molar-refractivity contribution is 7.91. The van der Waals surface area contributed by atoms with Crippen LogP contribution in [0.25, 0.3) is 0 Å². The van der Waals surface area contributed by atoms with Crippen LogP contribution in [0.1, 0.15) is 10.4 Å². The van der Waals surface area contributed by atoms with E-state index < -0.39 is 10.0 Å². The highest BCUT2D eigenvalue weighted by atomic mass is 32.2. The molecule has 5 nitrogen and oxygen atoms in total. The van der Waals surface area contributed by atoms with Gasteiger partial charge >= 0.3 is 0 Å². The van der Waals surface area contributed by atoms with Gasteiger partial charge in [-0.3, -0.25) is 4.98 Å². The molecule has 0 saturated carbocycles. The lowest BCUT2D eigenvalue weighted by atomic mass is 10.2. The number of hydrogen-bond acceptors (Lipinski definition) is 5. The van der Waals surface area contributed by atoms with Gasteiger partial charge in [-0.2, -0.15) is 4.31 Å². The van der Waals surface area contributed by atoms with Gasteiger partial charge in [0.1, 0.15) is 4.21 Å². The van der Waals surface area contributed by atoms with Crippen LogP contribution in [0.4, 0.5) is 0 Å². The molecule has 0 aliphatic heterocycles. The summed E-state index contributed by atoms with van der Waals surface area (Å²) in [5.74, 6) is 0. The monoisotopic (exact) mass is 326 g/mol. The van der Waals surface area contributed by atoms with Gasteiger partial charge in [0, 0.05) is 43.9 Å². The van der Waals surface area contributed by atoms with E-state index in [1.165, 1.54) is 15.6 Å². The Morgan fingerprint density at radius 3 is 2.57 bits per heavy atom. The summed E-state index contributed by atoms with van der Waals surface area (Å²) >= 11 is 1.21. The third kappa shape index (κ3) is 4.10. The number of rotatable bonds is 7. The molecular formula is C14H18N2O3S2. The Labute approximate surface area is 128 Å². The van der Waals surface area contributed by atoms with Crippen LogP contribution in [0.3, 0.4) is 0 Å². The van der Waals surface area contributed by atoms with Crippen molar-refractivity contribution in [3.63, 3.8) is 0 Å². The van der Waals surface area contributed by atoms with Gasteiger partial charge in [0.05, 0.1) is 0 Å². The lowest BCUT2D eigenvalue weighted by Crippen LogP contribution is -2.28. The average Bonchev–Trinajstić information content (AvgIpc) is 2.95. The molecule has 21 heavy (non-hydrogen) atoms. The molecule has 7 heteroatoms. The Kier molecular flexibility index (Phi) is 5.46. The predicted octanol–water partition coefficient (Wildman–Crippen LogP) is 1.54. The summed E-state index contributed by atoms with van der Waals surface area (Å²) in [5.41, 5.74) is 1.05. The van der Waals surface area contributed by atoms with E-state index in [4.69, 9.17) is 5.11 Å². The Hall–Kier alpha value is -1.28. The van der Waals surface area contributed by atoms with Crippen LogP contribution in [-0.4, -0.2) is 43.0 Å². The Morgan fingerprint density at radius 2 is 1.90 bits per heavy atom. The standard InChI is InChI=1S/C14H18N2O3S2/c1-16(10-6-12-4-8-15-9-5-12)21(18,19)14-3-2-13(20-14)7-11-17/h2-5,8-9,17H,6-7,10-11H2,1H3. The number of pyridine rings is 1. The van der Waals surface area contributed by atoms with Crippen LogP contribution in [0.5, 0.6) is 0 Å². The SMILES string of the molecule is CN(CCc1ccncc1)S(=O)(=O)c1ccc(CCO)s1. The Balaban J connectivity index is 2.04. The number of nitrogens with zero attached hydrogens (tertiary/aromatic N) is 2. The van der Waals surface area contributed by atoms with Crippen molar-refractivity contribution >= 4 is 21.4 Å². The zero-order valence-corrected chi connectivity index (χ0v) is 13.4. The highest BCUT2D eigenvalue weighted by Crippen LogP contribution is 2.24. The maximum absolute atomic E-state index is 12.4. The second kappa shape index (κ2) is 7.13. The molecule has 114 valence electrons. The fourth-order valence-electron chi connectivity index (χ4n) is 1.85. The summed E-state index contributed by atoms with van der Waals surface area (Å²) in [4.78, 5) is 4.81. The molecule has 0 aliphatic carbocycles. The molecule has 2 aromatic heterocycles. The van der Waals surface area contributed by atoms with Crippen molar-refractivity contribution in [3.05, 3.63) is 47.1 Å². The van der Waals surface area contributed by atoms with E-state index in [1.807, 2.05) is 12.1 Å². The number of aromatic nitrogens is 1. The van der Waals surface area contributed by atoms with E-state index in [9.17, 15) is 8.42 Å². The molecule has 1 N–H and O–H groups in total. The van der Waals surface area contributed by atoms with Crippen LogP contribution in [0.15, 0.2) is 40.9 Å². The minimum absolute atomic E-state index is 0.0257. The molecule has 2 rings (SSSR count). The number of aliphatic hydroxyl groups excluding tert-OH is 1. The van der Waals surface area contributed by atoms with Gasteiger partial charge in [-0.25, -0.2) is 8.42 Å². The Morgan fingerprint density at radius 1 is 1.19 bits per heavy atom. The highest BCUT2D eigenvalue weighted by Gasteiger charge is 2.22. The molecule has 0 fully saturated rings. The molecule has 0 aliphatic rings. The fourth-order valence-corrected chi connectivity index (χ4v) is 4.58. The maximum Gasteiger partial charge on any atom is 0.252 e. The first kappa shape index (κ1) is 16.1. The van der Waals surface area contributed by atoms with Crippen LogP contribution in [-0.2, 0) is 22.9 Å². The summed E-state index contributed by atoms with van der Waals surface area (Å²) in [5, 5.41) is 8.89. The van der Waals surface area contributed by atoms with Gasteiger partial charge in [0.15, 0.2) is 0 Å². The zero-order chi connectivity index (χ0) is 15.3. The van der Waals surface area contributed by atoms with Crippen LogP contribution < -0.4 is 0 Å². The molecule has 0 aromatic carbocycles. The minimum atomic E-state index is -3.45. The Bertz CT molecular complexity index is 669. The van der Waals surface area contributed by atoms with E-state index in [1.54, 1.807) is 31.6 Å². The van der Waals surface area contributed by atoms with Crippen LogP contribution >= 0.6 is 11.3 Å². The predicted molar refractivity (Wildman–Crippen MR) is 82.9 cm³/mol. The van der Waals surface area contributed by atoms with Crippen molar-refractivity contribution in [2.75, 3.05) is 20.2 Å². The molecule has 0 saturated heterocycles. The molecular weight excluding hydrogens is 308 g/mol. The molecule has 2 heterocycles. The summed E-state index contributed by atoms with van der Waals surface area (Å²) in [6, 6.07) is 7.12. The number of aliphatic hydroxyl groups is 1. The molecule has 0 spiro atoms. The van der Waals surface area contributed by atoms with Crippen molar-refractivity contribution < 1.29 is 13.5 Å². The van der Waals surface area contributed by atoms with Crippen molar-refractivity contribution in [2.45, 2.75) is 17.1 Å². The van der Waals surface area contributed by atoms with Crippen molar-refractivity contribution in [3.8, 4) is 0 Å². The fraction of sp³-hybridized carbons (Fsp3) is 0.357. The van der Waals surface area contributed by atoms with Gasteiger partial charge in [-0.05, 0) is 36.2 Å². The van der Waals surface area contributed by atoms with E-state index in [0.29, 0.717) is 23.6 Å². The third-order valence-corrected chi connectivity index (χ3v) is 6.59. The second-order valence-electron chi connectivity index (χ2n) is 4.63. The van der Waals surface area contributed by atoms with Crippen LogP contribution in [0, 0.1) is 0 Å². The van der Waals surface area contributed by atoms with Gasteiger partial charge in [-0.15, -0.1) is 11.3 Å². The number of likely N-dealkylation sites (N-methyl/N-ethyl adjacent to an activating group) is 1. The van der Waals surface area contributed by atoms with E-state index in [2.05, 4.69) is 4.98 Å². The minimum Gasteiger partial charge on any atom is -0.396 e. The van der Waals surface area contributed by atoms with E-state index >= 15 is 0 Å². The molecule has 0 unspecified atom stereocenters. The molecule has 0 amide bonds. The first-order valence-electron chi connectivity index (χ1n) is 6.59. The maximum atomic E-state index is 12.4. The van der Waals surface area contributed by atoms with Gasteiger partial charge in [0.25, 0.3) is 10.0 Å². The van der Waals surface area contributed by atoms with Crippen molar-refractivity contribution in [1.82, 2.24) is 9.29 Å². The molecule has 0 radical (unpaired) electrons. The summed E-state index contributed by atoms with van der Waals surface area (Å²) in [6.07, 6.45) is 4.53. The van der Waals surface area contributed by atoms with E-state index in [0.717, 1.165) is 10.4 Å². The van der Waals surface area contributed by atoms with Gasteiger partial charge < -0.3 is 5.11 Å². The van der Waals surface area contributed by atoms with Gasteiger partial charge in [-0.1, -0.05) is 0 Å². The zero-order valence-electron chi connectivity index (χ0n) is 11.8. The normalized spacial score (nSPS) is 12.0. The summed E-state index contributed by atoms with van der Waals surface area (Å²) in [7, 11) is -1.87. The summed E-state index contributed by atoms with van der Waals surface area (Å²) < 4.78 is 26.6.